The summed E-state index contributed by atoms with van der Waals surface area (Å²) in [5.41, 5.74) is 2.73. The van der Waals surface area contributed by atoms with Gasteiger partial charge in [0.1, 0.15) is 0 Å². The van der Waals surface area contributed by atoms with Crippen LogP contribution in [0.25, 0.3) is 11.3 Å². The van der Waals surface area contributed by atoms with Gasteiger partial charge < -0.3 is 15.5 Å². The molecule has 1 unspecified atom stereocenters. The highest BCUT2D eigenvalue weighted by molar-refractivity contribution is 6.06. The number of pyridine rings is 1. The molecule has 6 rings (SSSR count). The van der Waals surface area contributed by atoms with Gasteiger partial charge in [0.2, 0.25) is 5.82 Å². The molecule has 2 aromatic carbocycles. The normalized spacial score (nSPS) is 17.3. The molecule has 4 aromatic rings. The minimum absolute atomic E-state index is 0.0569. The minimum Gasteiger partial charge on any atom is -0.322 e. The fourth-order valence-electron chi connectivity index (χ4n) is 6.22. The van der Waals surface area contributed by atoms with E-state index in [1.54, 1.807) is 55.7 Å². The monoisotopic (exact) mass is 629 g/mol. The molecule has 2 amide bonds. The molecule has 2 aromatic heterocycles. The molecule has 0 saturated carbocycles. The number of fused-ring (bicyclic) bond motifs is 1. The van der Waals surface area contributed by atoms with Crippen molar-refractivity contribution >= 4 is 23.2 Å². The van der Waals surface area contributed by atoms with E-state index in [1.165, 1.54) is 6.20 Å². The zero-order valence-corrected chi connectivity index (χ0v) is 25.6. The molecule has 0 bridgehead atoms. The molecule has 2 aliphatic rings. The number of alkyl halides is 3. The van der Waals surface area contributed by atoms with Crippen LogP contribution in [0.2, 0.25) is 0 Å². The van der Waals surface area contributed by atoms with Crippen molar-refractivity contribution in [2.75, 3.05) is 43.9 Å². The first-order valence-corrected chi connectivity index (χ1v) is 15.2. The van der Waals surface area contributed by atoms with Gasteiger partial charge in [-0.1, -0.05) is 6.07 Å². The molecule has 1 saturated heterocycles. The van der Waals surface area contributed by atoms with Crippen LogP contribution in [0.1, 0.15) is 62.1 Å². The van der Waals surface area contributed by atoms with Crippen molar-refractivity contribution in [2.45, 2.75) is 38.4 Å². The van der Waals surface area contributed by atoms with Crippen LogP contribution in [0.3, 0.4) is 0 Å². The van der Waals surface area contributed by atoms with Gasteiger partial charge in [0.25, 0.3) is 11.8 Å². The van der Waals surface area contributed by atoms with Gasteiger partial charge in [-0.25, -0.2) is 9.97 Å². The van der Waals surface area contributed by atoms with E-state index < -0.39 is 23.6 Å². The number of nitrogens with zero attached hydrogens (tertiary/aromatic N) is 5. The van der Waals surface area contributed by atoms with Gasteiger partial charge in [0.15, 0.2) is 0 Å². The SMILES string of the molecule is Cc1ccc(NC(=O)c2cc3c(c(C(F)(F)F)c2)C(N2CCCN(C)CC2)CC3)cc1NC(=O)c1nccc(-c2cccnc2)n1. The van der Waals surface area contributed by atoms with E-state index in [-0.39, 0.29) is 17.4 Å². The highest BCUT2D eigenvalue weighted by Gasteiger charge is 2.41. The number of hydrogen-bond acceptors (Lipinski definition) is 7. The van der Waals surface area contributed by atoms with Gasteiger partial charge in [-0.3, -0.25) is 19.5 Å². The third kappa shape index (κ3) is 6.77. The molecular weight excluding hydrogens is 595 g/mol. The van der Waals surface area contributed by atoms with Gasteiger partial charge in [0.05, 0.1) is 11.3 Å². The zero-order chi connectivity index (χ0) is 32.4. The van der Waals surface area contributed by atoms with Crippen molar-refractivity contribution in [1.29, 1.82) is 0 Å². The fourth-order valence-corrected chi connectivity index (χ4v) is 6.22. The van der Waals surface area contributed by atoms with Crippen molar-refractivity contribution in [2.24, 2.45) is 0 Å². The number of anilines is 2. The standard InChI is InChI=1S/C34H34F3N7O2/c1-21-6-8-25(19-28(21)42-33(46)31-39-12-10-27(41-31)23-5-3-11-38-20-23)40-32(45)24-17-22-7-9-29(30(22)26(18-24)34(35,36)37)44-14-4-13-43(2)15-16-44/h3,5-6,8,10-12,17-20,29H,4,7,9,13-16H2,1-2H3,(H,40,45)(H,42,46). The number of likely N-dealkylation sites (N-methyl/N-ethyl adjacent to an activating group) is 1. The van der Waals surface area contributed by atoms with E-state index in [2.05, 4.69) is 35.4 Å². The predicted octanol–water partition coefficient (Wildman–Crippen LogP) is 6.00. The molecule has 0 radical (unpaired) electrons. The maximum Gasteiger partial charge on any atom is 0.416 e. The van der Waals surface area contributed by atoms with Gasteiger partial charge in [-0.15, -0.1) is 0 Å². The summed E-state index contributed by atoms with van der Waals surface area (Å²) >= 11 is 0. The molecule has 1 fully saturated rings. The first-order chi connectivity index (χ1) is 22.1. The highest BCUT2D eigenvalue weighted by Crippen LogP contribution is 2.45. The number of carbonyl (C=O) groups is 2. The van der Waals surface area contributed by atoms with Gasteiger partial charge in [-0.2, -0.15) is 13.2 Å². The Balaban J connectivity index is 1.21. The maximum atomic E-state index is 14.5. The van der Waals surface area contributed by atoms with Crippen LogP contribution >= 0.6 is 0 Å². The Morgan fingerprint density at radius 2 is 1.80 bits per heavy atom. The lowest BCUT2D eigenvalue weighted by Gasteiger charge is -2.30. The fraction of sp³-hybridized carbons (Fsp3) is 0.324. The van der Waals surface area contributed by atoms with Crippen LogP contribution in [0.4, 0.5) is 24.5 Å². The van der Waals surface area contributed by atoms with E-state index in [9.17, 15) is 22.8 Å². The summed E-state index contributed by atoms with van der Waals surface area (Å²) in [5.74, 6) is -1.28. The quantitative estimate of drug-likeness (QED) is 0.270. The lowest BCUT2D eigenvalue weighted by molar-refractivity contribution is -0.138. The van der Waals surface area contributed by atoms with Gasteiger partial charge in [-0.05, 0) is 98.9 Å². The summed E-state index contributed by atoms with van der Waals surface area (Å²) in [4.78, 5) is 43.3. The second-order valence-corrected chi connectivity index (χ2v) is 11.8. The number of hydrogen-bond donors (Lipinski definition) is 2. The van der Waals surface area contributed by atoms with Crippen LogP contribution in [-0.4, -0.2) is 69.8 Å². The number of rotatable bonds is 6. The summed E-state index contributed by atoms with van der Waals surface area (Å²) in [7, 11) is 2.03. The van der Waals surface area contributed by atoms with Crippen molar-refractivity contribution in [3.05, 3.63) is 101 Å². The number of nitrogens with one attached hydrogen (secondary N) is 2. The Kier molecular flexibility index (Phi) is 8.83. The average molecular weight is 630 g/mol. The van der Waals surface area contributed by atoms with Gasteiger partial charge >= 0.3 is 6.18 Å². The van der Waals surface area contributed by atoms with E-state index in [4.69, 9.17) is 0 Å². The first-order valence-electron chi connectivity index (χ1n) is 15.2. The smallest absolute Gasteiger partial charge is 0.322 e. The number of aromatic nitrogens is 3. The van der Waals surface area contributed by atoms with E-state index in [0.29, 0.717) is 53.1 Å². The number of benzene rings is 2. The minimum atomic E-state index is -4.61. The van der Waals surface area contributed by atoms with Crippen LogP contribution in [-0.2, 0) is 12.6 Å². The summed E-state index contributed by atoms with van der Waals surface area (Å²) in [6.45, 7) is 4.94. The highest BCUT2D eigenvalue weighted by atomic mass is 19.4. The topological polar surface area (TPSA) is 103 Å². The number of carbonyl (C=O) groups excluding carboxylic acids is 2. The maximum absolute atomic E-state index is 14.5. The van der Waals surface area contributed by atoms with Crippen molar-refractivity contribution in [3.63, 3.8) is 0 Å². The van der Waals surface area contributed by atoms with Crippen LogP contribution in [0.5, 0.6) is 0 Å². The van der Waals surface area contributed by atoms with Crippen molar-refractivity contribution < 1.29 is 22.8 Å². The van der Waals surface area contributed by atoms with Gasteiger partial charge in [0, 0.05) is 66.8 Å². The second-order valence-electron chi connectivity index (χ2n) is 11.8. The summed E-state index contributed by atoms with van der Waals surface area (Å²) in [6, 6.07) is 12.4. The van der Waals surface area contributed by atoms with Crippen LogP contribution in [0, 0.1) is 6.92 Å². The Hall–Kier alpha value is -4.68. The molecule has 12 heteroatoms. The van der Waals surface area contributed by atoms with Crippen LogP contribution in [0.15, 0.2) is 67.1 Å². The molecule has 238 valence electrons. The molecule has 1 aliphatic heterocycles. The third-order valence-corrected chi connectivity index (χ3v) is 8.61. The summed E-state index contributed by atoms with van der Waals surface area (Å²) in [6.07, 6.45) is 2.10. The lowest BCUT2D eigenvalue weighted by atomic mass is 9.95. The molecule has 3 heterocycles. The van der Waals surface area contributed by atoms with Crippen LogP contribution < -0.4 is 10.6 Å². The first kappa shape index (κ1) is 31.3. The molecule has 0 spiro atoms. The van der Waals surface area contributed by atoms with E-state index >= 15 is 0 Å². The lowest BCUT2D eigenvalue weighted by Crippen LogP contribution is -2.32. The molecule has 9 nitrogen and oxygen atoms in total. The largest absolute Gasteiger partial charge is 0.416 e. The second kappa shape index (κ2) is 13.0. The molecule has 1 atom stereocenters. The average Bonchev–Trinajstić information content (AvgIpc) is 3.35. The third-order valence-electron chi connectivity index (χ3n) is 8.61. The Bertz CT molecular complexity index is 1760. The summed E-state index contributed by atoms with van der Waals surface area (Å²) in [5, 5.41) is 5.49. The predicted molar refractivity (Wildman–Crippen MR) is 169 cm³/mol. The molecular formula is C34H34F3N7O2. The molecule has 46 heavy (non-hydrogen) atoms. The number of amides is 2. The van der Waals surface area contributed by atoms with Crippen molar-refractivity contribution in [1.82, 2.24) is 24.8 Å². The Morgan fingerprint density at radius 3 is 2.59 bits per heavy atom. The number of aryl methyl sites for hydroxylation is 2. The number of halogens is 3. The molecule has 1 aliphatic carbocycles. The van der Waals surface area contributed by atoms with E-state index in [1.807, 2.05) is 13.1 Å². The van der Waals surface area contributed by atoms with Crippen molar-refractivity contribution in [3.8, 4) is 11.3 Å². The Labute approximate surface area is 264 Å². The Morgan fingerprint density at radius 1 is 0.957 bits per heavy atom. The van der Waals surface area contributed by atoms with E-state index in [0.717, 1.165) is 37.7 Å². The zero-order valence-electron chi connectivity index (χ0n) is 25.6. The molecule has 2 N–H and O–H groups in total. The summed E-state index contributed by atoms with van der Waals surface area (Å²) < 4.78 is 43.4.